The van der Waals surface area contributed by atoms with Crippen molar-refractivity contribution >= 4 is 21.8 Å². The van der Waals surface area contributed by atoms with E-state index in [0.717, 1.165) is 16.7 Å². The zero-order valence-corrected chi connectivity index (χ0v) is 9.72. The number of nitrogens with zero attached hydrogens (tertiary/aromatic N) is 3. The van der Waals surface area contributed by atoms with Gasteiger partial charge in [0.15, 0.2) is 0 Å². The van der Waals surface area contributed by atoms with Crippen LogP contribution in [-0.2, 0) is 0 Å². The Bertz CT molecular complexity index is 329. The lowest BCUT2D eigenvalue weighted by molar-refractivity contribution is 0.506. The van der Waals surface area contributed by atoms with Gasteiger partial charge in [0.05, 0.1) is 23.4 Å². The molecule has 5 heteroatoms. The molecule has 3 nitrogen and oxygen atoms in total. The summed E-state index contributed by atoms with van der Waals surface area (Å²) in [7, 11) is 5.55. The van der Waals surface area contributed by atoms with Crippen LogP contribution in [0.2, 0.25) is 0 Å². The van der Waals surface area contributed by atoms with E-state index in [1.54, 1.807) is 10.3 Å². The second-order valence-corrected chi connectivity index (χ2v) is 4.38. The van der Waals surface area contributed by atoms with Crippen molar-refractivity contribution in [1.29, 1.82) is 5.26 Å². The van der Waals surface area contributed by atoms with E-state index in [-0.39, 0.29) is 5.92 Å². The lowest BCUT2D eigenvalue weighted by Gasteiger charge is -2.15. The zero-order valence-electron chi connectivity index (χ0n) is 8.14. The van der Waals surface area contributed by atoms with Gasteiger partial charge in [-0.2, -0.15) is 14.4 Å². The number of hydrogen-bond acceptors (Lipinski definition) is 3. The predicted molar refractivity (Wildman–Crippen MR) is 58.9 cm³/mol. The second kappa shape index (κ2) is 5.28. The summed E-state index contributed by atoms with van der Waals surface area (Å²) < 4.78 is 1.59. The molecule has 0 aliphatic rings. The second-order valence-electron chi connectivity index (χ2n) is 3.46. The molecule has 1 unspecified atom stereocenters. The Kier molecular flexibility index (Phi) is 4.30. The average molecular weight is 230 g/mol. The minimum Gasteiger partial charge on any atom is -0.198 e. The maximum atomic E-state index is 8.70. The molecule has 0 spiro atoms. The summed E-state index contributed by atoms with van der Waals surface area (Å²) in [6.07, 6.45) is 4.17. The lowest BCUT2D eigenvalue weighted by Crippen LogP contribution is -2.04. The summed E-state index contributed by atoms with van der Waals surface area (Å²) in [5, 5.41) is 12.8. The highest BCUT2D eigenvalue weighted by atomic mass is 35.7. The molecular weight excluding hydrogens is 218 g/mol. The molecule has 0 aliphatic carbocycles. The van der Waals surface area contributed by atoms with Crippen LogP contribution in [0.3, 0.4) is 0 Å². The molecule has 0 saturated carbocycles. The summed E-state index contributed by atoms with van der Waals surface area (Å²) in [6, 6.07) is 2.20. The largest absolute Gasteiger partial charge is 0.198 e. The zero-order chi connectivity index (χ0) is 10.6. The quantitative estimate of drug-likeness (QED) is 0.796. The smallest absolute Gasteiger partial charge is 0.0834 e. The fraction of sp³-hybridized carbons (Fsp3) is 0.556. The van der Waals surface area contributed by atoms with E-state index in [4.69, 9.17) is 15.9 Å². The molecule has 0 amide bonds. The fourth-order valence-corrected chi connectivity index (χ4v) is 1.85. The van der Waals surface area contributed by atoms with Gasteiger partial charge in [-0.15, -0.1) is 0 Å². The predicted octanol–water partition coefficient (Wildman–Crippen LogP) is 3.19. The molecule has 0 radical (unpaired) electrons. The van der Waals surface area contributed by atoms with Gasteiger partial charge in [-0.05, 0) is 22.2 Å². The van der Waals surface area contributed by atoms with E-state index in [1.165, 1.54) is 0 Å². The molecule has 76 valence electrons. The number of nitriles is 1. The number of hydrogen-bond donors (Lipinski definition) is 0. The van der Waals surface area contributed by atoms with Crippen LogP contribution in [0, 0.1) is 17.2 Å². The molecule has 0 aromatic carbocycles. The van der Waals surface area contributed by atoms with E-state index in [2.05, 4.69) is 25.0 Å². The molecule has 0 aliphatic heterocycles. The van der Waals surface area contributed by atoms with Gasteiger partial charge in [0.2, 0.25) is 0 Å². The first kappa shape index (κ1) is 11.4. The highest BCUT2D eigenvalue weighted by molar-refractivity contribution is 8.19. The van der Waals surface area contributed by atoms with Crippen LogP contribution >= 0.6 is 21.8 Å². The summed E-state index contributed by atoms with van der Waals surface area (Å²) in [6.45, 7) is 4.21. The van der Waals surface area contributed by atoms with Gasteiger partial charge < -0.3 is 0 Å². The molecule has 0 saturated heterocycles. The van der Waals surface area contributed by atoms with Gasteiger partial charge in [0.1, 0.15) is 0 Å². The standard InChI is InChI=1S/C9H12ClN3S/c1-7(2)9(3-4-11)8-5-12-13(6-8)14-10/h5-7,9H,3H2,1-2H3. The number of rotatable bonds is 4. The molecule has 14 heavy (non-hydrogen) atoms. The van der Waals surface area contributed by atoms with Gasteiger partial charge in [0.25, 0.3) is 0 Å². The average Bonchev–Trinajstić information content (AvgIpc) is 2.61. The third-order valence-corrected chi connectivity index (χ3v) is 2.96. The van der Waals surface area contributed by atoms with Crippen molar-refractivity contribution in [3.8, 4) is 6.07 Å². The minimum atomic E-state index is 0.248. The topological polar surface area (TPSA) is 41.6 Å². The van der Waals surface area contributed by atoms with Crippen molar-refractivity contribution in [1.82, 2.24) is 9.19 Å². The van der Waals surface area contributed by atoms with Crippen molar-refractivity contribution in [3.05, 3.63) is 18.0 Å². The van der Waals surface area contributed by atoms with E-state index in [1.807, 2.05) is 6.20 Å². The summed E-state index contributed by atoms with van der Waals surface area (Å²) in [5.74, 6) is 0.685. The Hall–Kier alpha value is -0.660. The van der Waals surface area contributed by atoms with Crippen molar-refractivity contribution in [2.45, 2.75) is 26.2 Å². The molecule has 1 atom stereocenters. The molecule has 1 aromatic rings. The monoisotopic (exact) mass is 229 g/mol. The van der Waals surface area contributed by atoms with Crippen molar-refractivity contribution in [3.63, 3.8) is 0 Å². The Morgan fingerprint density at radius 2 is 2.43 bits per heavy atom. The summed E-state index contributed by atoms with van der Waals surface area (Å²) >= 11 is 1.03. The molecule has 0 N–H and O–H groups in total. The first-order valence-electron chi connectivity index (χ1n) is 4.39. The maximum absolute atomic E-state index is 8.70. The molecule has 0 fully saturated rings. The van der Waals surface area contributed by atoms with Crippen molar-refractivity contribution < 1.29 is 0 Å². The highest BCUT2D eigenvalue weighted by Gasteiger charge is 2.17. The van der Waals surface area contributed by atoms with Crippen LogP contribution in [0.5, 0.6) is 0 Å². The SMILES string of the molecule is CC(C)C(CC#N)c1cnn(SCl)c1. The summed E-state index contributed by atoms with van der Waals surface area (Å²) in [5.41, 5.74) is 1.08. The first-order valence-corrected chi connectivity index (χ1v) is 5.99. The normalized spacial score (nSPS) is 12.8. The third kappa shape index (κ3) is 2.66. The molecule has 0 bridgehead atoms. The van der Waals surface area contributed by atoms with E-state index in [9.17, 15) is 0 Å². The van der Waals surface area contributed by atoms with Gasteiger partial charge in [-0.1, -0.05) is 13.8 Å². The third-order valence-electron chi connectivity index (χ3n) is 2.19. The van der Waals surface area contributed by atoms with Crippen LogP contribution in [-0.4, -0.2) is 9.19 Å². The first-order chi connectivity index (χ1) is 6.69. The Labute approximate surface area is 92.7 Å². The Morgan fingerprint density at radius 3 is 2.86 bits per heavy atom. The molecule has 1 aromatic heterocycles. The van der Waals surface area contributed by atoms with Crippen molar-refractivity contribution in [2.75, 3.05) is 0 Å². The van der Waals surface area contributed by atoms with E-state index >= 15 is 0 Å². The van der Waals surface area contributed by atoms with Crippen molar-refractivity contribution in [2.24, 2.45) is 5.92 Å². The highest BCUT2D eigenvalue weighted by Crippen LogP contribution is 2.28. The molecular formula is C9H12ClN3S. The maximum Gasteiger partial charge on any atom is 0.0834 e. The van der Waals surface area contributed by atoms with E-state index < -0.39 is 0 Å². The number of halogens is 1. The lowest BCUT2D eigenvalue weighted by atomic mass is 9.88. The molecule has 1 heterocycles. The van der Waals surface area contributed by atoms with Crippen LogP contribution in [0.1, 0.15) is 31.7 Å². The van der Waals surface area contributed by atoms with Crippen LogP contribution in [0.15, 0.2) is 12.4 Å². The van der Waals surface area contributed by atoms with Gasteiger partial charge in [-0.25, -0.2) is 0 Å². The van der Waals surface area contributed by atoms with Crippen LogP contribution in [0.4, 0.5) is 0 Å². The summed E-state index contributed by atoms with van der Waals surface area (Å²) in [4.78, 5) is 0. The minimum absolute atomic E-state index is 0.248. The number of aromatic nitrogens is 2. The van der Waals surface area contributed by atoms with Crippen LogP contribution in [0.25, 0.3) is 0 Å². The Morgan fingerprint density at radius 1 is 1.71 bits per heavy atom. The van der Waals surface area contributed by atoms with Gasteiger partial charge in [-0.3, -0.25) is 0 Å². The van der Waals surface area contributed by atoms with E-state index in [0.29, 0.717) is 12.3 Å². The van der Waals surface area contributed by atoms with Crippen LogP contribution < -0.4 is 0 Å². The fourth-order valence-electron chi connectivity index (χ4n) is 1.38. The van der Waals surface area contributed by atoms with Gasteiger partial charge in [0, 0.05) is 18.5 Å². The Balaban J connectivity index is 2.83. The molecule has 1 rings (SSSR count). The van der Waals surface area contributed by atoms with Gasteiger partial charge >= 0.3 is 0 Å².